The molecule has 0 saturated carbocycles. The van der Waals surface area contributed by atoms with E-state index in [2.05, 4.69) is 84.0 Å². The van der Waals surface area contributed by atoms with E-state index in [1.165, 1.54) is 28.1 Å². The number of imidazole rings is 1. The number of aryl methyl sites for hydroxylation is 1. The molecular formula is C35H43N3O3. The van der Waals surface area contributed by atoms with E-state index in [0.29, 0.717) is 19.8 Å². The van der Waals surface area contributed by atoms with E-state index in [-0.39, 0.29) is 0 Å². The summed E-state index contributed by atoms with van der Waals surface area (Å²) >= 11 is 0. The third-order valence-electron chi connectivity index (χ3n) is 7.57. The first kappa shape index (κ1) is 28.7. The van der Waals surface area contributed by atoms with Crippen molar-refractivity contribution in [3.63, 3.8) is 0 Å². The summed E-state index contributed by atoms with van der Waals surface area (Å²) in [7, 11) is 0. The lowest BCUT2D eigenvalue weighted by Gasteiger charge is -2.25. The van der Waals surface area contributed by atoms with Crippen molar-refractivity contribution in [2.24, 2.45) is 0 Å². The molecule has 5 rings (SSSR count). The first-order chi connectivity index (χ1) is 20.2. The maximum atomic E-state index is 5.86. The maximum Gasteiger partial charge on any atom is 0.161 e. The Hall–Kier alpha value is -3.77. The highest BCUT2D eigenvalue weighted by molar-refractivity contribution is 5.57. The normalized spacial score (nSPS) is 12.6. The highest BCUT2D eigenvalue weighted by Gasteiger charge is 2.20. The molecule has 0 amide bonds. The summed E-state index contributed by atoms with van der Waals surface area (Å²) in [4.78, 5) is 7.75. The molecule has 41 heavy (non-hydrogen) atoms. The molecule has 3 aromatic carbocycles. The Balaban J connectivity index is 1.45. The van der Waals surface area contributed by atoms with Crippen LogP contribution in [0.1, 0.15) is 56.1 Å². The smallest absolute Gasteiger partial charge is 0.161 e. The van der Waals surface area contributed by atoms with Gasteiger partial charge in [-0.1, -0.05) is 68.8 Å². The number of aromatic nitrogens is 2. The van der Waals surface area contributed by atoms with Gasteiger partial charge in [0, 0.05) is 31.7 Å². The van der Waals surface area contributed by atoms with Crippen LogP contribution in [0.5, 0.6) is 17.2 Å². The molecule has 0 bridgehead atoms. The molecule has 0 spiro atoms. The molecule has 1 aliphatic rings. The second kappa shape index (κ2) is 14.2. The van der Waals surface area contributed by atoms with E-state index < -0.39 is 0 Å². The van der Waals surface area contributed by atoms with Crippen LogP contribution in [0.2, 0.25) is 0 Å². The number of fused-ring (bicyclic) bond motifs is 1. The second-order valence-electron chi connectivity index (χ2n) is 10.6. The minimum Gasteiger partial charge on any atom is -0.494 e. The fourth-order valence-corrected chi connectivity index (χ4v) is 5.48. The van der Waals surface area contributed by atoms with Crippen molar-refractivity contribution < 1.29 is 14.2 Å². The molecule has 0 atom stereocenters. The molecule has 6 nitrogen and oxygen atoms in total. The Labute approximate surface area is 244 Å². The van der Waals surface area contributed by atoms with Crippen molar-refractivity contribution in [1.29, 1.82) is 0 Å². The standard InChI is InChI=1S/C35H43N3O3/c1-4-7-19-38-32(31(5-2)36-35(38)29-13-9-8-10-14-29)26-37(25-28-12-11-15-30(23-28)39-6-3)20-18-27-16-17-33-34(24-27)41-22-21-40-33/h8-17,23-24H,4-7,18-22,25-26H2,1-3H3. The predicted molar refractivity (Wildman–Crippen MR) is 165 cm³/mol. The van der Waals surface area contributed by atoms with Gasteiger partial charge in [-0.2, -0.15) is 0 Å². The lowest BCUT2D eigenvalue weighted by molar-refractivity contribution is 0.171. The van der Waals surface area contributed by atoms with E-state index in [4.69, 9.17) is 19.2 Å². The monoisotopic (exact) mass is 553 g/mol. The van der Waals surface area contributed by atoms with Gasteiger partial charge in [-0.3, -0.25) is 4.90 Å². The maximum absolute atomic E-state index is 5.86. The summed E-state index contributed by atoms with van der Waals surface area (Å²) < 4.78 is 19.9. The van der Waals surface area contributed by atoms with Crippen LogP contribution in [0.15, 0.2) is 72.8 Å². The third kappa shape index (κ3) is 7.31. The first-order valence-electron chi connectivity index (χ1n) is 15.1. The molecular weight excluding hydrogens is 510 g/mol. The van der Waals surface area contributed by atoms with Crippen molar-refractivity contribution >= 4 is 0 Å². The Morgan fingerprint density at radius 3 is 2.46 bits per heavy atom. The van der Waals surface area contributed by atoms with Gasteiger partial charge >= 0.3 is 0 Å². The molecule has 4 aromatic rings. The Morgan fingerprint density at radius 2 is 1.68 bits per heavy atom. The zero-order valence-corrected chi connectivity index (χ0v) is 24.8. The predicted octanol–water partition coefficient (Wildman–Crippen LogP) is 7.33. The molecule has 0 radical (unpaired) electrons. The largest absolute Gasteiger partial charge is 0.494 e. The molecule has 0 aliphatic carbocycles. The molecule has 6 heteroatoms. The van der Waals surface area contributed by atoms with Crippen LogP contribution in [0.3, 0.4) is 0 Å². The number of benzene rings is 3. The van der Waals surface area contributed by atoms with Gasteiger partial charge in [-0.15, -0.1) is 0 Å². The van der Waals surface area contributed by atoms with Crippen molar-refractivity contribution in [2.75, 3.05) is 26.4 Å². The van der Waals surface area contributed by atoms with Crippen molar-refractivity contribution in [2.45, 2.75) is 66.1 Å². The van der Waals surface area contributed by atoms with Crippen LogP contribution in [-0.4, -0.2) is 40.8 Å². The minimum absolute atomic E-state index is 0.601. The Morgan fingerprint density at radius 1 is 0.854 bits per heavy atom. The van der Waals surface area contributed by atoms with Gasteiger partial charge < -0.3 is 18.8 Å². The molecule has 1 aromatic heterocycles. The summed E-state index contributed by atoms with van der Waals surface area (Å²) in [5.41, 5.74) is 6.19. The van der Waals surface area contributed by atoms with Gasteiger partial charge in [-0.05, 0) is 61.6 Å². The number of hydrogen-bond acceptors (Lipinski definition) is 5. The average molecular weight is 554 g/mol. The van der Waals surface area contributed by atoms with Crippen LogP contribution in [-0.2, 0) is 32.5 Å². The van der Waals surface area contributed by atoms with Crippen LogP contribution >= 0.6 is 0 Å². The SMILES string of the molecule is CCCCn1c(-c2ccccc2)nc(CC)c1CN(CCc1ccc2c(c1)OCCO2)Cc1cccc(OCC)c1. The zero-order chi connectivity index (χ0) is 28.4. The fourth-order valence-electron chi connectivity index (χ4n) is 5.48. The molecule has 216 valence electrons. The lowest BCUT2D eigenvalue weighted by atomic mass is 10.1. The van der Waals surface area contributed by atoms with Gasteiger partial charge in [0.15, 0.2) is 11.5 Å². The van der Waals surface area contributed by atoms with Crippen molar-refractivity contribution in [1.82, 2.24) is 14.5 Å². The molecule has 0 fully saturated rings. The number of ether oxygens (including phenoxy) is 3. The Bertz CT molecular complexity index is 1400. The summed E-state index contributed by atoms with van der Waals surface area (Å²) in [6.07, 6.45) is 4.09. The van der Waals surface area contributed by atoms with Crippen LogP contribution in [0.25, 0.3) is 11.4 Å². The van der Waals surface area contributed by atoms with E-state index >= 15 is 0 Å². The van der Waals surface area contributed by atoms with Gasteiger partial charge in [0.05, 0.1) is 18.0 Å². The summed E-state index contributed by atoms with van der Waals surface area (Å²) in [5, 5.41) is 0. The molecule has 0 saturated heterocycles. The minimum atomic E-state index is 0.601. The van der Waals surface area contributed by atoms with Crippen LogP contribution < -0.4 is 14.2 Å². The summed E-state index contributed by atoms with van der Waals surface area (Å²) in [6, 6.07) is 25.5. The first-order valence-corrected chi connectivity index (χ1v) is 15.1. The lowest BCUT2D eigenvalue weighted by Crippen LogP contribution is -2.27. The van der Waals surface area contributed by atoms with E-state index in [9.17, 15) is 0 Å². The van der Waals surface area contributed by atoms with E-state index in [0.717, 1.165) is 74.9 Å². The number of unbranched alkanes of at least 4 members (excludes halogenated alkanes) is 1. The van der Waals surface area contributed by atoms with Crippen LogP contribution in [0, 0.1) is 0 Å². The fraction of sp³-hybridized carbons (Fsp3) is 0.400. The quantitative estimate of drug-likeness (QED) is 0.164. The average Bonchev–Trinajstić information content (AvgIpc) is 3.36. The molecule has 0 unspecified atom stereocenters. The molecule has 0 N–H and O–H groups in total. The van der Waals surface area contributed by atoms with Crippen LogP contribution in [0.4, 0.5) is 0 Å². The van der Waals surface area contributed by atoms with Crippen molar-refractivity contribution in [3.8, 4) is 28.6 Å². The van der Waals surface area contributed by atoms with Crippen molar-refractivity contribution in [3.05, 3.63) is 95.3 Å². The van der Waals surface area contributed by atoms with E-state index in [1.54, 1.807) is 0 Å². The van der Waals surface area contributed by atoms with Gasteiger partial charge in [0.1, 0.15) is 24.8 Å². The topological polar surface area (TPSA) is 48.8 Å². The van der Waals surface area contributed by atoms with Gasteiger partial charge in [-0.25, -0.2) is 4.98 Å². The number of hydrogen-bond donors (Lipinski definition) is 0. The summed E-state index contributed by atoms with van der Waals surface area (Å²) in [6.45, 7) is 11.9. The molecule has 2 heterocycles. The van der Waals surface area contributed by atoms with Gasteiger partial charge in [0.2, 0.25) is 0 Å². The van der Waals surface area contributed by atoms with E-state index in [1.807, 2.05) is 19.1 Å². The third-order valence-corrected chi connectivity index (χ3v) is 7.57. The Kier molecular flexibility index (Phi) is 9.97. The highest BCUT2D eigenvalue weighted by Crippen LogP contribution is 2.31. The summed E-state index contributed by atoms with van der Waals surface area (Å²) in [5.74, 6) is 3.69. The van der Waals surface area contributed by atoms with Gasteiger partial charge in [0.25, 0.3) is 0 Å². The zero-order valence-electron chi connectivity index (χ0n) is 24.8. The highest BCUT2D eigenvalue weighted by atomic mass is 16.6. The molecule has 1 aliphatic heterocycles. The number of rotatable bonds is 14. The number of nitrogens with zero attached hydrogens (tertiary/aromatic N) is 3. The second-order valence-corrected chi connectivity index (χ2v) is 10.6.